The second-order valence-electron chi connectivity index (χ2n) is 3.59. The van der Waals surface area contributed by atoms with Crippen molar-refractivity contribution in [2.24, 2.45) is 0 Å². The number of hydrogen-bond acceptors (Lipinski definition) is 3. The van der Waals surface area contributed by atoms with Crippen molar-refractivity contribution in [2.75, 3.05) is 18.4 Å². The van der Waals surface area contributed by atoms with E-state index in [1.807, 2.05) is 5.32 Å². The predicted molar refractivity (Wildman–Crippen MR) is 55.6 cm³/mol. The Morgan fingerprint density at radius 3 is 2.53 bits per heavy atom. The summed E-state index contributed by atoms with van der Waals surface area (Å²) in [4.78, 5) is 11.3. The highest BCUT2D eigenvalue weighted by Crippen LogP contribution is 2.13. The maximum atomic E-state index is 11.8. The van der Waals surface area contributed by atoms with Gasteiger partial charge in [-0.25, -0.2) is 0 Å². The number of rotatable bonds is 4. The summed E-state index contributed by atoms with van der Waals surface area (Å²) in [5.41, 5.74) is 1.55. The first kappa shape index (κ1) is 13.5. The summed E-state index contributed by atoms with van der Waals surface area (Å²) < 4.78 is 35.4. The Balaban J connectivity index is 2.38. The van der Waals surface area contributed by atoms with Crippen molar-refractivity contribution in [3.63, 3.8) is 0 Å². The molecule has 0 aliphatic rings. The Kier molecular flexibility index (Phi) is 4.11. The molecule has 0 bridgehead atoms. The normalized spacial score (nSPS) is 11.6. The van der Waals surface area contributed by atoms with Gasteiger partial charge in [0.2, 0.25) is 5.91 Å². The number of H-pyrrole nitrogens is 1. The Morgan fingerprint density at radius 1 is 1.41 bits per heavy atom. The molecule has 1 aromatic rings. The number of aromatic nitrogens is 2. The minimum Gasteiger partial charge on any atom is -0.308 e. The third kappa shape index (κ3) is 4.43. The van der Waals surface area contributed by atoms with Crippen molar-refractivity contribution < 1.29 is 18.0 Å². The van der Waals surface area contributed by atoms with E-state index in [0.29, 0.717) is 5.82 Å². The van der Waals surface area contributed by atoms with Gasteiger partial charge >= 0.3 is 6.18 Å². The minimum absolute atomic E-state index is 0.335. The van der Waals surface area contributed by atoms with Gasteiger partial charge in [0.15, 0.2) is 5.82 Å². The van der Waals surface area contributed by atoms with Crippen LogP contribution in [-0.4, -0.2) is 35.4 Å². The van der Waals surface area contributed by atoms with Gasteiger partial charge in [0.05, 0.1) is 13.1 Å². The van der Waals surface area contributed by atoms with Crippen LogP contribution in [0, 0.1) is 13.8 Å². The van der Waals surface area contributed by atoms with Crippen molar-refractivity contribution >= 4 is 11.7 Å². The van der Waals surface area contributed by atoms with Crippen molar-refractivity contribution in [2.45, 2.75) is 20.0 Å². The Morgan fingerprint density at radius 2 is 2.06 bits per heavy atom. The number of anilines is 1. The lowest BCUT2D eigenvalue weighted by molar-refractivity contribution is -0.126. The van der Waals surface area contributed by atoms with E-state index in [9.17, 15) is 18.0 Å². The van der Waals surface area contributed by atoms with E-state index in [1.54, 1.807) is 13.8 Å². The molecular formula is C9H13F3N4O. The van der Waals surface area contributed by atoms with E-state index in [2.05, 4.69) is 15.5 Å². The molecule has 1 heterocycles. The van der Waals surface area contributed by atoms with E-state index in [0.717, 1.165) is 11.3 Å². The standard InChI is InChI=1S/C9H13F3N4O/c1-5-6(2)15-16-8(5)14-7(17)3-13-4-9(10,11)12/h13H,3-4H2,1-2H3,(H2,14,15,16,17). The highest BCUT2D eigenvalue weighted by molar-refractivity contribution is 5.92. The predicted octanol–water partition coefficient (Wildman–Crippen LogP) is 1.12. The van der Waals surface area contributed by atoms with Crippen LogP contribution in [0.2, 0.25) is 0 Å². The van der Waals surface area contributed by atoms with Crippen LogP contribution < -0.4 is 10.6 Å². The highest BCUT2D eigenvalue weighted by atomic mass is 19.4. The van der Waals surface area contributed by atoms with Crippen LogP contribution in [0.4, 0.5) is 19.0 Å². The number of amides is 1. The average molecular weight is 250 g/mol. The van der Waals surface area contributed by atoms with Crippen LogP contribution in [0.5, 0.6) is 0 Å². The molecule has 0 saturated carbocycles. The zero-order valence-electron chi connectivity index (χ0n) is 9.40. The lowest BCUT2D eigenvalue weighted by Gasteiger charge is -2.07. The highest BCUT2D eigenvalue weighted by Gasteiger charge is 2.26. The van der Waals surface area contributed by atoms with Gasteiger partial charge < -0.3 is 10.6 Å². The van der Waals surface area contributed by atoms with Crippen LogP contribution >= 0.6 is 0 Å². The van der Waals surface area contributed by atoms with Crippen LogP contribution in [-0.2, 0) is 4.79 Å². The topological polar surface area (TPSA) is 69.8 Å². The van der Waals surface area contributed by atoms with Gasteiger partial charge in [-0.2, -0.15) is 18.3 Å². The molecule has 0 fully saturated rings. The lowest BCUT2D eigenvalue weighted by Crippen LogP contribution is -2.35. The first-order valence-corrected chi connectivity index (χ1v) is 4.88. The van der Waals surface area contributed by atoms with Gasteiger partial charge in [0.1, 0.15) is 0 Å². The van der Waals surface area contributed by atoms with Crippen LogP contribution in [0.1, 0.15) is 11.3 Å². The Labute approximate surface area is 95.8 Å². The molecule has 1 aromatic heterocycles. The summed E-state index contributed by atoms with van der Waals surface area (Å²) in [5.74, 6) is -0.231. The number of carbonyl (C=O) groups excluding carboxylic acids is 1. The zero-order chi connectivity index (χ0) is 13.1. The summed E-state index contributed by atoms with van der Waals surface area (Å²) in [5, 5.41) is 10.9. The van der Waals surface area contributed by atoms with E-state index in [-0.39, 0.29) is 0 Å². The second-order valence-corrected chi connectivity index (χ2v) is 3.59. The molecule has 0 unspecified atom stereocenters. The Bertz CT molecular complexity index is 399. The number of hydrogen-bond donors (Lipinski definition) is 3. The average Bonchev–Trinajstić information content (AvgIpc) is 2.47. The number of aromatic amines is 1. The van der Waals surface area contributed by atoms with Crippen LogP contribution in [0.3, 0.4) is 0 Å². The van der Waals surface area contributed by atoms with Gasteiger partial charge in [-0.15, -0.1) is 0 Å². The van der Waals surface area contributed by atoms with E-state index in [4.69, 9.17) is 0 Å². The molecule has 1 amide bonds. The fourth-order valence-corrected chi connectivity index (χ4v) is 1.10. The molecule has 96 valence electrons. The van der Waals surface area contributed by atoms with Crippen molar-refractivity contribution in [3.8, 4) is 0 Å². The molecular weight excluding hydrogens is 237 g/mol. The van der Waals surface area contributed by atoms with Crippen molar-refractivity contribution in [3.05, 3.63) is 11.3 Å². The quantitative estimate of drug-likeness (QED) is 0.750. The maximum absolute atomic E-state index is 11.8. The SMILES string of the molecule is Cc1[nH]nc(NC(=O)CNCC(F)(F)F)c1C. The van der Waals surface area contributed by atoms with Gasteiger partial charge in [-0.3, -0.25) is 9.89 Å². The maximum Gasteiger partial charge on any atom is 0.401 e. The number of nitrogens with one attached hydrogen (secondary N) is 3. The van der Waals surface area contributed by atoms with Crippen molar-refractivity contribution in [1.82, 2.24) is 15.5 Å². The zero-order valence-corrected chi connectivity index (χ0v) is 9.40. The molecule has 0 saturated heterocycles. The van der Waals surface area contributed by atoms with Gasteiger partial charge in [-0.1, -0.05) is 0 Å². The number of aryl methyl sites for hydroxylation is 1. The number of alkyl halides is 3. The molecule has 8 heteroatoms. The van der Waals surface area contributed by atoms with Gasteiger partial charge in [0.25, 0.3) is 0 Å². The molecule has 0 aliphatic heterocycles. The summed E-state index contributed by atoms with van der Waals surface area (Å²) in [6, 6.07) is 0. The first-order chi connectivity index (χ1) is 7.79. The molecule has 0 atom stereocenters. The minimum atomic E-state index is -4.32. The van der Waals surface area contributed by atoms with Crippen LogP contribution in [0.25, 0.3) is 0 Å². The van der Waals surface area contributed by atoms with Crippen molar-refractivity contribution in [1.29, 1.82) is 0 Å². The smallest absolute Gasteiger partial charge is 0.308 e. The fourth-order valence-electron chi connectivity index (χ4n) is 1.10. The fraction of sp³-hybridized carbons (Fsp3) is 0.556. The molecule has 0 spiro atoms. The van der Waals surface area contributed by atoms with Gasteiger partial charge in [0, 0.05) is 11.3 Å². The second kappa shape index (κ2) is 5.17. The summed E-state index contributed by atoms with van der Waals surface area (Å²) in [7, 11) is 0. The molecule has 0 aromatic carbocycles. The van der Waals surface area contributed by atoms with Gasteiger partial charge in [-0.05, 0) is 13.8 Å². The van der Waals surface area contributed by atoms with Crippen LogP contribution in [0.15, 0.2) is 0 Å². The van der Waals surface area contributed by atoms with E-state index >= 15 is 0 Å². The summed E-state index contributed by atoms with van der Waals surface area (Å²) in [6.45, 7) is 1.92. The number of carbonyl (C=O) groups is 1. The third-order valence-electron chi connectivity index (χ3n) is 2.12. The summed E-state index contributed by atoms with van der Waals surface area (Å²) >= 11 is 0. The van der Waals surface area contributed by atoms with E-state index in [1.165, 1.54) is 0 Å². The molecule has 17 heavy (non-hydrogen) atoms. The monoisotopic (exact) mass is 250 g/mol. The first-order valence-electron chi connectivity index (χ1n) is 4.88. The molecule has 5 nitrogen and oxygen atoms in total. The molecule has 1 rings (SSSR count). The third-order valence-corrected chi connectivity index (χ3v) is 2.12. The number of halogens is 3. The molecule has 0 aliphatic carbocycles. The molecule has 3 N–H and O–H groups in total. The summed E-state index contributed by atoms with van der Waals surface area (Å²) in [6.07, 6.45) is -4.32. The Hall–Kier alpha value is -1.57. The molecule has 0 radical (unpaired) electrons. The largest absolute Gasteiger partial charge is 0.401 e. The number of nitrogens with zero attached hydrogens (tertiary/aromatic N) is 1. The lowest BCUT2D eigenvalue weighted by atomic mass is 10.3. The van der Waals surface area contributed by atoms with E-state index < -0.39 is 25.2 Å².